The Morgan fingerprint density at radius 1 is 1.05 bits per heavy atom. The predicted octanol–water partition coefficient (Wildman–Crippen LogP) is 3.18. The molecule has 4 heterocycles. The number of rotatable bonds is 0. The predicted molar refractivity (Wildman–Crippen MR) is 87.7 cm³/mol. The Bertz CT molecular complexity index is 1150. The molecule has 5 aromatic rings. The first kappa shape index (κ1) is 12.7. The van der Waals surface area contributed by atoms with Crippen LogP contribution >= 0.6 is 0 Å². The van der Waals surface area contributed by atoms with Crippen molar-refractivity contribution >= 4 is 44.0 Å². The Balaban J connectivity index is 0.00000125. The summed E-state index contributed by atoms with van der Waals surface area (Å²) in [5.41, 5.74) is 4.77. The van der Waals surface area contributed by atoms with Crippen LogP contribution in [0.25, 0.3) is 44.0 Å². The average molecular weight is 290 g/mol. The monoisotopic (exact) mass is 290 g/mol. The molecule has 0 fully saturated rings. The summed E-state index contributed by atoms with van der Waals surface area (Å²) in [5.74, 6) is 0. The molecule has 0 radical (unpaired) electrons. The Kier molecular flexibility index (Phi) is 2.45. The number of aromatic nitrogens is 6. The smallest absolute Gasteiger partial charge is 0.157 e. The number of benzene rings is 1. The van der Waals surface area contributed by atoms with E-state index >= 15 is 0 Å². The molecule has 5 rings (SSSR count). The van der Waals surface area contributed by atoms with Crippen molar-refractivity contribution in [1.29, 1.82) is 0 Å². The molecule has 0 saturated heterocycles. The van der Waals surface area contributed by atoms with Crippen molar-refractivity contribution in [3.05, 3.63) is 37.1 Å². The molecule has 4 aromatic heterocycles. The van der Waals surface area contributed by atoms with Gasteiger partial charge < -0.3 is 9.55 Å². The summed E-state index contributed by atoms with van der Waals surface area (Å²) in [6.45, 7) is 0. The zero-order chi connectivity index (χ0) is 14.0. The summed E-state index contributed by atoms with van der Waals surface area (Å²) in [6.07, 6.45) is 6.84. The van der Waals surface area contributed by atoms with E-state index in [1.165, 1.54) is 0 Å². The van der Waals surface area contributed by atoms with E-state index in [9.17, 15) is 0 Å². The summed E-state index contributed by atoms with van der Waals surface area (Å²) in [6, 6.07) is 4.18. The van der Waals surface area contributed by atoms with E-state index in [-0.39, 0.29) is 7.43 Å². The number of fused-ring (bicyclic) bond motifs is 7. The van der Waals surface area contributed by atoms with Crippen LogP contribution in [0, 0.1) is 0 Å². The molecule has 0 saturated carbocycles. The molecule has 108 valence electrons. The van der Waals surface area contributed by atoms with Crippen LogP contribution in [0.4, 0.5) is 0 Å². The van der Waals surface area contributed by atoms with Crippen molar-refractivity contribution in [3.8, 4) is 0 Å². The summed E-state index contributed by atoms with van der Waals surface area (Å²) in [4.78, 5) is 20.7. The lowest BCUT2D eigenvalue weighted by atomic mass is 10.1. The van der Waals surface area contributed by atoms with E-state index in [4.69, 9.17) is 0 Å². The summed E-state index contributed by atoms with van der Waals surface area (Å²) >= 11 is 0. The zero-order valence-electron chi connectivity index (χ0n) is 11.2. The zero-order valence-corrected chi connectivity index (χ0v) is 11.2. The van der Waals surface area contributed by atoms with Gasteiger partial charge in [0, 0.05) is 41.8 Å². The molecule has 0 bridgehead atoms. The highest BCUT2D eigenvalue weighted by Crippen LogP contribution is 2.34. The third-order valence-electron chi connectivity index (χ3n) is 4.02. The maximum atomic E-state index is 4.43. The molecule has 0 atom stereocenters. The molecular weight excluding hydrogens is 276 g/mol. The second-order valence-corrected chi connectivity index (χ2v) is 5.08. The molecule has 0 amide bonds. The van der Waals surface area contributed by atoms with Gasteiger partial charge in [0.1, 0.15) is 17.5 Å². The van der Waals surface area contributed by atoms with Crippen molar-refractivity contribution in [1.82, 2.24) is 29.5 Å². The topological polar surface area (TPSA) is 72.3 Å². The lowest BCUT2D eigenvalue weighted by Crippen LogP contribution is -1.88. The SMILES string of the molecule is C.Cn1c2ccc3c4nccnc4[nH]c3c2c2cncnc21. The Hall–Kier alpha value is -3.02. The molecule has 1 N–H and O–H groups in total. The molecule has 0 aliphatic heterocycles. The van der Waals surface area contributed by atoms with Gasteiger partial charge in [-0.15, -0.1) is 0 Å². The normalized spacial score (nSPS) is 11.5. The first-order chi connectivity index (χ1) is 10.3. The fourth-order valence-corrected chi connectivity index (χ4v) is 3.10. The number of hydrogen-bond donors (Lipinski definition) is 1. The van der Waals surface area contributed by atoms with Gasteiger partial charge in [-0.05, 0) is 12.1 Å². The van der Waals surface area contributed by atoms with Crippen LogP contribution in [0.1, 0.15) is 7.43 Å². The molecule has 0 unspecified atom stereocenters. The van der Waals surface area contributed by atoms with Crippen molar-refractivity contribution < 1.29 is 0 Å². The van der Waals surface area contributed by atoms with Gasteiger partial charge in [0.25, 0.3) is 0 Å². The van der Waals surface area contributed by atoms with Crippen LogP contribution < -0.4 is 0 Å². The molecule has 0 aliphatic carbocycles. The Morgan fingerprint density at radius 2 is 1.91 bits per heavy atom. The minimum atomic E-state index is 0. The third kappa shape index (κ3) is 1.38. The Labute approximate surface area is 125 Å². The molecule has 6 heteroatoms. The number of H-pyrrole nitrogens is 1. The van der Waals surface area contributed by atoms with Gasteiger partial charge in [0.2, 0.25) is 0 Å². The van der Waals surface area contributed by atoms with Crippen LogP contribution in [0.3, 0.4) is 0 Å². The second-order valence-electron chi connectivity index (χ2n) is 5.08. The molecule has 6 nitrogen and oxygen atoms in total. The van der Waals surface area contributed by atoms with Crippen LogP contribution in [0.5, 0.6) is 0 Å². The van der Waals surface area contributed by atoms with Gasteiger partial charge in [0.15, 0.2) is 5.65 Å². The summed E-state index contributed by atoms with van der Waals surface area (Å²) in [5, 5.41) is 3.22. The molecule has 22 heavy (non-hydrogen) atoms. The van der Waals surface area contributed by atoms with E-state index in [2.05, 4.69) is 41.6 Å². The minimum absolute atomic E-state index is 0. The highest BCUT2D eigenvalue weighted by molar-refractivity contribution is 6.22. The van der Waals surface area contributed by atoms with Gasteiger partial charge >= 0.3 is 0 Å². The fraction of sp³-hybridized carbons (Fsp3) is 0.125. The third-order valence-corrected chi connectivity index (χ3v) is 4.02. The lowest BCUT2D eigenvalue weighted by molar-refractivity contribution is 0.982. The van der Waals surface area contributed by atoms with Crippen LogP contribution in [0.15, 0.2) is 37.1 Å². The van der Waals surface area contributed by atoms with Gasteiger partial charge in [-0.3, -0.25) is 4.98 Å². The summed E-state index contributed by atoms with van der Waals surface area (Å²) < 4.78 is 2.08. The van der Waals surface area contributed by atoms with Gasteiger partial charge in [-0.2, -0.15) is 0 Å². The van der Waals surface area contributed by atoms with Crippen molar-refractivity contribution in [2.45, 2.75) is 7.43 Å². The second kappa shape index (κ2) is 4.24. The highest BCUT2D eigenvalue weighted by atomic mass is 15.0. The molecule has 1 aromatic carbocycles. The molecule has 0 aliphatic rings. The Morgan fingerprint density at radius 3 is 2.82 bits per heavy atom. The van der Waals surface area contributed by atoms with Crippen LogP contribution in [0.2, 0.25) is 0 Å². The number of hydrogen-bond acceptors (Lipinski definition) is 4. The summed E-state index contributed by atoms with van der Waals surface area (Å²) in [7, 11) is 2.02. The number of nitrogens with one attached hydrogen (secondary N) is 1. The van der Waals surface area contributed by atoms with Crippen molar-refractivity contribution in [2.24, 2.45) is 7.05 Å². The van der Waals surface area contributed by atoms with Gasteiger partial charge in [-0.1, -0.05) is 7.43 Å². The number of aromatic amines is 1. The minimum Gasteiger partial charge on any atom is -0.337 e. The van der Waals surface area contributed by atoms with Crippen molar-refractivity contribution in [3.63, 3.8) is 0 Å². The first-order valence-electron chi connectivity index (χ1n) is 6.64. The van der Waals surface area contributed by atoms with E-state index in [0.717, 1.165) is 44.0 Å². The quantitative estimate of drug-likeness (QED) is 0.475. The van der Waals surface area contributed by atoms with E-state index in [1.54, 1.807) is 18.7 Å². The first-order valence-corrected chi connectivity index (χ1v) is 6.64. The van der Waals surface area contributed by atoms with Gasteiger partial charge in [0.05, 0.1) is 11.0 Å². The van der Waals surface area contributed by atoms with Crippen molar-refractivity contribution in [2.75, 3.05) is 0 Å². The average Bonchev–Trinajstić information content (AvgIpc) is 3.04. The van der Waals surface area contributed by atoms with Gasteiger partial charge in [-0.25, -0.2) is 15.0 Å². The van der Waals surface area contributed by atoms with E-state index in [1.807, 2.05) is 13.2 Å². The van der Waals surface area contributed by atoms with E-state index < -0.39 is 0 Å². The molecular formula is C16H14N6. The molecule has 0 spiro atoms. The highest BCUT2D eigenvalue weighted by Gasteiger charge is 2.15. The van der Waals surface area contributed by atoms with Crippen LogP contribution in [-0.2, 0) is 7.05 Å². The maximum absolute atomic E-state index is 4.43. The largest absolute Gasteiger partial charge is 0.337 e. The standard InChI is InChI=1S/C15H10N6.CH4/c1-21-10-3-2-8-12(20-14-13(8)17-4-5-18-14)11(10)9-6-16-7-19-15(9)21;/h2-7H,1H3,(H,18,20);1H4. The number of nitrogens with zero attached hydrogens (tertiary/aromatic N) is 5. The van der Waals surface area contributed by atoms with Crippen LogP contribution in [-0.4, -0.2) is 29.5 Å². The number of aryl methyl sites for hydroxylation is 1. The van der Waals surface area contributed by atoms with E-state index in [0.29, 0.717) is 0 Å². The lowest BCUT2D eigenvalue weighted by Gasteiger charge is -1.97. The fourth-order valence-electron chi connectivity index (χ4n) is 3.10. The maximum Gasteiger partial charge on any atom is 0.157 e.